The Morgan fingerprint density at radius 1 is 0.338 bits per heavy atom. The molecule has 1 aliphatic carbocycles. The minimum atomic E-state index is -1.53. The van der Waals surface area contributed by atoms with Gasteiger partial charge in [0.2, 0.25) is 0 Å². The van der Waals surface area contributed by atoms with E-state index >= 15 is 0 Å². The number of fused-ring (bicyclic) bond motifs is 7. The van der Waals surface area contributed by atoms with Crippen molar-refractivity contribution in [3.63, 3.8) is 0 Å². The lowest BCUT2D eigenvalue weighted by atomic mass is 9.66. The van der Waals surface area contributed by atoms with E-state index in [4.69, 9.17) is 1.37 Å². The van der Waals surface area contributed by atoms with Crippen LogP contribution in [0.3, 0.4) is 0 Å². The first-order valence-corrected chi connectivity index (χ1v) is 24.9. The topological polar surface area (TPSA) is 11.4 Å². The number of aromatic nitrogens is 1. The van der Waals surface area contributed by atoms with Crippen molar-refractivity contribution in [2.24, 2.45) is 0 Å². The zero-order valence-electron chi connectivity index (χ0n) is 47.1. The van der Waals surface area contributed by atoms with Crippen LogP contribution < -0.4 is 9.80 Å². The molecule has 3 nitrogen and oxygen atoms in total. The summed E-state index contributed by atoms with van der Waals surface area (Å²) in [5, 5.41) is 1.86. The predicted molar refractivity (Wildman–Crippen MR) is 310 cm³/mol. The number of hydrogen-bond donors (Lipinski definition) is 0. The third kappa shape index (κ3) is 6.89. The fraction of sp³-hybridized carbons (Fsp3) is 0.0141. The van der Waals surface area contributed by atoms with E-state index in [0.29, 0.717) is 0 Å². The van der Waals surface area contributed by atoms with Crippen molar-refractivity contribution in [2.75, 3.05) is 9.80 Å². The molecule has 1 atom stereocenters. The molecule has 0 saturated heterocycles. The molecule has 0 radical (unpaired) electrons. The highest BCUT2D eigenvalue weighted by Crippen LogP contribution is 2.60. The normalized spacial score (nSPS) is 15.1. The molecule has 14 rings (SSSR count). The molecule has 0 spiro atoms. The SMILES string of the molecule is [2H]c1c([2H])c([2H])c2c(C3(c4ccc5c(c4)c4ccccc4n5-c4ccccc4)c4ccc(N(c5ccccc5)c5ccccc5)cc4-c4cc(N(c5ccccc5)c5ccccc5-c5ccccc5)ccc43)c([2H])c([2H])c([2H])c2c1[2H]. The molecule has 348 valence electrons. The van der Waals surface area contributed by atoms with E-state index in [2.05, 4.69) is 166 Å². The highest BCUT2D eigenvalue weighted by atomic mass is 15.1. The highest BCUT2D eigenvalue weighted by molar-refractivity contribution is 6.10. The molecular weight excluding hydrogens is 895 g/mol. The number of anilines is 6. The fourth-order valence-electron chi connectivity index (χ4n) is 11.6. The second-order valence-electron chi connectivity index (χ2n) is 18.7. The van der Waals surface area contributed by atoms with Gasteiger partial charge in [-0.25, -0.2) is 0 Å². The summed E-state index contributed by atoms with van der Waals surface area (Å²) in [4.78, 5) is 4.49. The molecule has 0 saturated carbocycles. The molecule has 0 N–H and O–H groups in total. The van der Waals surface area contributed by atoms with Crippen LogP contribution >= 0.6 is 0 Å². The Morgan fingerprint density at radius 2 is 0.865 bits per heavy atom. The summed E-state index contributed by atoms with van der Waals surface area (Å²) in [6.45, 7) is 0. The van der Waals surface area contributed by atoms with E-state index in [9.17, 15) is 8.22 Å². The number of rotatable bonds is 10. The maximum atomic E-state index is 10.3. The summed E-state index contributed by atoms with van der Waals surface area (Å²) < 4.78 is 69.2. The zero-order chi connectivity index (χ0) is 55.1. The lowest BCUT2D eigenvalue weighted by molar-refractivity contribution is 0.778. The van der Waals surface area contributed by atoms with Crippen molar-refractivity contribution < 1.29 is 9.60 Å². The van der Waals surface area contributed by atoms with Gasteiger partial charge in [0.25, 0.3) is 0 Å². The summed E-state index contributed by atoms with van der Waals surface area (Å²) >= 11 is 0. The van der Waals surface area contributed by atoms with Gasteiger partial charge in [-0.05, 0) is 147 Å². The van der Waals surface area contributed by atoms with Gasteiger partial charge in [-0.2, -0.15) is 0 Å². The van der Waals surface area contributed by atoms with E-state index in [1.807, 2.05) is 103 Å². The first-order chi connectivity index (χ1) is 39.6. The molecule has 0 fully saturated rings. The summed E-state index contributed by atoms with van der Waals surface area (Å²) in [6.07, 6.45) is 0. The second-order valence-corrected chi connectivity index (χ2v) is 18.7. The average molecular weight is 951 g/mol. The minimum absolute atomic E-state index is 0.0312. The molecule has 74 heavy (non-hydrogen) atoms. The molecular formula is C71H49N3. The van der Waals surface area contributed by atoms with Crippen LogP contribution in [-0.2, 0) is 5.41 Å². The molecule has 12 aromatic carbocycles. The van der Waals surface area contributed by atoms with Crippen LogP contribution in [-0.4, -0.2) is 4.57 Å². The average Bonchev–Trinajstić information content (AvgIpc) is 4.21. The van der Waals surface area contributed by atoms with E-state index in [1.54, 1.807) is 0 Å². The summed E-state index contributed by atoms with van der Waals surface area (Å²) in [5.41, 5.74) is 13.0. The van der Waals surface area contributed by atoms with Crippen molar-refractivity contribution >= 4 is 66.7 Å². The monoisotopic (exact) mass is 950 g/mol. The van der Waals surface area contributed by atoms with Crippen LogP contribution in [0.4, 0.5) is 34.1 Å². The van der Waals surface area contributed by atoms with Crippen LogP contribution in [0, 0.1) is 0 Å². The van der Waals surface area contributed by atoms with Crippen molar-refractivity contribution in [3.8, 4) is 27.9 Å². The Kier molecular flexibility index (Phi) is 8.75. The van der Waals surface area contributed by atoms with Crippen LogP contribution in [0.5, 0.6) is 0 Å². The molecule has 0 aliphatic heterocycles. The van der Waals surface area contributed by atoms with Crippen molar-refractivity contribution in [3.05, 3.63) is 319 Å². The number of benzene rings is 12. The lowest BCUT2D eigenvalue weighted by Gasteiger charge is -2.35. The Hall–Kier alpha value is -9.70. The third-order valence-corrected chi connectivity index (χ3v) is 14.7. The van der Waals surface area contributed by atoms with Crippen LogP contribution in [0.2, 0.25) is 0 Å². The highest BCUT2D eigenvalue weighted by Gasteiger charge is 2.48. The second kappa shape index (κ2) is 17.9. The lowest BCUT2D eigenvalue weighted by Crippen LogP contribution is -2.29. The van der Waals surface area contributed by atoms with Gasteiger partial charge < -0.3 is 14.4 Å². The minimum Gasteiger partial charge on any atom is -0.310 e. The Bertz CT molecular complexity index is 4560. The van der Waals surface area contributed by atoms with Gasteiger partial charge in [0.05, 0.1) is 31.7 Å². The first kappa shape index (κ1) is 36.3. The molecule has 1 unspecified atom stereocenters. The molecule has 13 aromatic rings. The van der Waals surface area contributed by atoms with Gasteiger partial charge in [-0.3, -0.25) is 0 Å². The smallest absolute Gasteiger partial charge is 0.0719 e. The van der Waals surface area contributed by atoms with Gasteiger partial charge in [-0.15, -0.1) is 0 Å². The summed E-state index contributed by atoms with van der Waals surface area (Å²) in [7, 11) is 0. The zero-order valence-corrected chi connectivity index (χ0v) is 40.1. The molecule has 1 aliphatic rings. The van der Waals surface area contributed by atoms with Crippen molar-refractivity contribution in [1.82, 2.24) is 4.57 Å². The fourth-order valence-corrected chi connectivity index (χ4v) is 11.6. The summed E-state index contributed by atoms with van der Waals surface area (Å²) in [6, 6.07) is 84.4. The van der Waals surface area contributed by atoms with Crippen molar-refractivity contribution in [2.45, 2.75) is 5.41 Å². The quantitative estimate of drug-likeness (QED) is 0.135. The Balaban J connectivity index is 1.15. The molecule has 1 aromatic heterocycles. The number of hydrogen-bond acceptors (Lipinski definition) is 2. The van der Waals surface area contributed by atoms with Crippen molar-refractivity contribution in [1.29, 1.82) is 0 Å². The van der Waals surface area contributed by atoms with Crippen LogP contribution in [0.15, 0.2) is 297 Å². The molecule has 0 amide bonds. The van der Waals surface area contributed by atoms with Gasteiger partial charge in [-0.1, -0.05) is 200 Å². The molecule has 3 heteroatoms. The van der Waals surface area contributed by atoms with E-state index in [0.717, 1.165) is 101 Å². The maximum Gasteiger partial charge on any atom is 0.0719 e. The molecule has 1 heterocycles. The van der Waals surface area contributed by atoms with E-state index in [-0.39, 0.29) is 28.4 Å². The third-order valence-electron chi connectivity index (χ3n) is 14.7. The van der Waals surface area contributed by atoms with Gasteiger partial charge in [0.15, 0.2) is 0 Å². The van der Waals surface area contributed by atoms with E-state index < -0.39 is 35.6 Å². The standard InChI is InChI=1S/C71H49N3/c1-6-23-51(24-7-1)60-36-18-20-39-68(60)73(55-31-12-4-13-32-55)58-43-45-67-63(49-58)62-48-57(72(53-27-8-2-9-28-53)54-29-10-3-11-30-54)42-44-66(62)71(67,65-38-22-26-50-25-16-17-35-59(50)65)52-41-46-70-64(47-52)61-37-19-21-40-69(61)74(70)56-33-14-5-15-34-56/h1-49H/i16D,17D,22D,25D,26D,35D,38D. The van der Waals surface area contributed by atoms with Crippen LogP contribution in [0.1, 0.15) is 31.8 Å². The predicted octanol–water partition coefficient (Wildman–Crippen LogP) is 18.9. The summed E-state index contributed by atoms with van der Waals surface area (Å²) in [5.74, 6) is 0. The maximum absolute atomic E-state index is 10.3. The molecule has 0 bridgehead atoms. The first-order valence-electron chi connectivity index (χ1n) is 28.4. The van der Waals surface area contributed by atoms with Gasteiger partial charge in [0, 0.05) is 50.5 Å². The van der Waals surface area contributed by atoms with Crippen LogP contribution in [0.25, 0.3) is 60.5 Å². The number of para-hydroxylation sites is 6. The Morgan fingerprint density at radius 3 is 1.54 bits per heavy atom. The van der Waals surface area contributed by atoms with Gasteiger partial charge in [0.1, 0.15) is 0 Å². The Labute approximate surface area is 441 Å². The largest absolute Gasteiger partial charge is 0.310 e. The van der Waals surface area contributed by atoms with E-state index in [1.165, 1.54) is 0 Å². The number of nitrogens with zero attached hydrogens (tertiary/aromatic N) is 3. The van der Waals surface area contributed by atoms with Gasteiger partial charge >= 0.3 is 0 Å².